The third kappa shape index (κ3) is 2.02. The van der Waals surface area contributed by atoms with E-state index in [2.05, 4.69) is 16.4 Å². The predicted octanol–water partition coefficient (Wildman–Crippen LogP) is 3.93. The minimum absolute atomic E-state index is 0.818. The lowest BCUT2D eigenvalue weighted by Crippen LogP contribution is -1.93. The first-order chi connectivity index (χ1) is 8.72. The maximum atomic E-state index is 5.81. The number of nitrogens with zero attached hydrogens (tertiary/aromatic N) is 1. The van der Waals surface area contributed by atoms with Crippen LogP contribution in [0.3, 0.4) is 0 Å². The number of hydrogen-bond acceptors (Lipinski definition) is 4. The summed E-state index contributed by atoms with van der Waals surface area (Å²) in [4.78, 5) is 4.27. The van der Waals surface area contributed by atoms with Gasteiger partial charge in [-0.25, -0.2) is 4.98 Å². The second kappa shape index (κ2) is 4.31. The van der Waals surface area contributed by atoms with Crippen molar-refractivity contribution in [3.8, 4) is 0 Å². The number of benzene rings is 2. The van der Waals surface area contributed by atoms with E-state index in [4.69, 9.17) is 5.73 Å². The van der Waals surface area contributed by atoms with Gasteiger partial charge in [-0.2, -0.15) is 0 Å². The van der Waals surface area contributed by atoms with E-state index >= 15 is 0 Å². The molecular weight excluding hydrogens is 242 g/mol. The van der Waals surface area contributed by atoms with E-state index in [1.54, 1.807) is 11.3 Å². The highest BCUT2D eigenvalue weighted by Crippen LogP contribution is 2.25. The van der Waals surface area contributed by atoms with Crippen LogP contribution in [0.5, 0.6) is 0 Å². The SMILES string of the molecule is Cc1cc(Nc2ccc3ncsc3c2)ccc1N. The van der Waals surface area contributed by atoms with Gasteiger partial charge in [0.2, 0.25) is 0 Å². The molecule has 1 heterocycles. The molecule has 0 aliphatic heterocycles. The quantitative estimate of drug-likeness (QED) is 0.682. The zero-order valence-corrected chi connectivity index (χ0v) is 10.8. The van der Waals surface area contributed by atoms with E-state index in [1.807, 2.05) is 42.8 Å². The number of nitrogen functional groups attached to an aromatic ring is 1. The highest BCUT2D eigenvalue weighted by Gasteiger charge is 2.00. The third-order valence-corrected chi connectivity index (χ3v) is 3.68. The van der Waals surface area contributed by atoms with Gasteiger partial charge in [0.15, 0.2) is 0 Å². The number of nitrogens with one attached hydrogen (secondary N) is 1. The van der Waals surface area contributed by atoms with E-state index in [-0.39, 0.29) is 0 Å². The van der Waals surface area contributed by atoms with Crippen LogP contribution in [0.1, 0.15) is 5.56 Å². The number of nitrogens with two attached hydrogens (primary N) is 1. The maximum absolute atomic E-state index is 5.81. The highest BCUT2D eigenvalue weighted by atomic mass is 32.1. The summed E-state index contributed by atoms with van der Waals surface area (Å²) in [5.74, 6) is 0. The van der Waals surface area contributed by atoms with Gasteiger partial charge in [-0.15, -0.1) is 11.3 Å². The van der Waals surface area contributed by atoms with Crippen molar-refractivity contribution in [1.82, 2.24) is 4.98 Å². The molecule has 0 unspecified atom stereocenters. The Morgan fingerprint density at radius 1 is 1.11 bits per heavy atom. The van der Waals surface area contributed by atoms with Crippen LogP contribution < -0.4 is 11.1 Å². The molecule has 3 aromatic rings. The lowest BCUT2D eigenvalue weighted by molar-refractivity contribution is 1.45. The Balaban J connectivity index is 1.92. The van der Waals surface area contributed by atoms with Crippen molar-refractivity contribution in [1.29, 1.82) is 0 Å². The number of anilines is 3. The molecule has 3 rings (SSSR count). The fourth-order valence-corrected chi connectivity index (χ4v) is 2.57. The molecule has 0 fully saturated rings. The van der Waals surface area contributed by atoms with Crippen molar-refractivity contribution in [3.63, 3.8) is 0 Å². The minimum atomic E-state index is 0.818. The summed E-state index contributed by atoms with van der Waals surface area (Å²) in [6, 6.07) is 12.1. The second-order valence-corrected chi connectivity index (χ2v) is 5.12. The molecule has 0 aliphatic rings. The number of rotatable bonds is 2. The van der Waals surface area contributed by atoms with Gasteiger partial charge in [-0.3, -0.25) is 0 Å². The van der Waals surface area contributed by atoms with E-state index < -0.39 is 0 Å². The Hall–Kier alpha value is -2.07. The maximum Gasteiger partial charge on any atom is 0.0813 e. The molecule has 0 spiro atoms. The van der Waals surface area contributed by atoms with Crippen molar-refractivity contribution in [2.45, 2.75) is 6.92 Å². The molecule has 0 atom stereocenters. The lowest BCUT2D eigenvalue weighted by Gasteiger charge is -2.08. The number of fused-ring (bicyclic) bond motifs is 1. The van der Waals surface area contributed by atoms with Crippen LogP contribution in [0.4, 0.5) is 17.1 Å². The second-order valence-electron chi connectivity index (χ2n) is 4.23. The van der Waals surface area contributed by atoms with E-state index in [0.717, 1.165) is 28.1 Å². The average Bonchev–Trinajstić information content (AvgIpc) is 2.81. The predicted molar refractivity (Wildman–Crippen MR) is 78.5 cm³/mol. The molecule has 0 saturated carbocycles. The van der Waals surface area contributed by atoms with Crippen LogP contribution in [-0.2, 0) is 0 Å². The average molecular weight is 255 g/mol. The van der Waals surface area contributed by atoms with E-state index in [0.29, 0.717) is 0 Å². The summed E-state index contributed by atoms with van der Waals surface area (Å²) in [7, 11) is 0. The largest absolute Gasteiger partial charge is 0.399 e. The molecule has 3 nitrogen and oxygen atoms in total. The van der Waals surface area contributed by atoms with Crippen molar-refractivity contribution >= 4 is 38.6 Å². The van der Waals surface area contributed by atoms with Crippen LogP contribution in [0.2, 0.25) is 0 Å². The molecule has 4 heteroatoms. The summed E-state index contributed by atoms with van der Waals surface area (Å²) >= 11 is 1.65. The smallest absolute Gasteiger partial charge is 0.0813 e. The van der Waals surface area contributed by atoms with E-state index in [1.165, 1.54) is 4.70 Å². The van der Waals surface area contributed by atoms with Gasteiger partial charge in [-0.05, 0) is 48.9 Å². The first-order valence-electron chi connectivity index (χ1n) is 5.69. The van der Waals surface area contributed by atoms with Crippen molar-refractivity contribution < 1.29 is 0 Å². The number of thiazole rings is 1. The summed E-state index contributed by atoms with van der Waals surface area (Å²) in [5.41, 5.74) is 12.7. The number of aryl methyl sites for hydroxylation is 1. The first-order valence-corrected chi connectivity index (χ1v) is 6.57. The molecule has 0 amide bonds. The van der Waals surface area contributed by atoms with Crippen LogP contribution in [0, 0.1) is 6.92 Å². The molecule has 1 aromatic heterocycles. The molecule has 2 aromatic carbocycles. The Kier molecular flexibility index (Phi) is 2.64. The zero-order valence-electron chi connectivity index (χ0n) is 9.97. The summed E-state index contributed by atoms with van der Waals surface area (Å²) < 4.78 is 1.19. The molecule has 0 aliphatic carbocycles. The Bertz CT molecular complexity index is 703. The van der Waals surface area contributed by atoms with Crippen molar-refractivity contribution in [2.24, 2.45) is 0 Å². The van der Waals surface area contributed by atoms with Crippen molar-refractivity contribution in [2.75, 3.05) is 11.1 Å². The molecular formula is C14H13N3S. The van der Waals surface area contributed by atoms with Gasteiger partial charge in [0.1, 0.15) is 0 Å². The van der Waals surface area contributed by atoms with Gasteiger partial charge in [0.25, 0.3) is 0 Å². The number of hydrogen-bond donors (Lipinski definition) is 2. The summed E-state index contributed by atoms with van der Waals surface area (Å²) in [6.07, 6.45) is 0. The highest BCUT2D eigenvalue weighted by molar-refractivity contribution is 7.16. The van der Waals surface area contributed by atoms with E-state index in [9.17, 15) is 0 Å². The summed E-state index contributed by atoms with van der Waals surface area (Å²) in [5, 5.41) is 3.38. The van der Waals surface area contributed by atoms with Crippen LogP contribution in [0.25, 0.3) is 10.2 Å². The third-order valence-electron chi connectivity index (χ3n) is 2.89. The molecule has 0 saturated heterocycles. The Morgan fingerprint density at radius 3 is 2.72 bits per heavy atom. The molecule has 0 radical (unpaired) electrons. The minimum Gasteiger partial charge on any atom is -0.399 e. The zero-order chi connectivity index (χ0) is 12.5. The fraction of sp³-hybridized carbons (Fsp3) is 0.0714. The van der Waals surface area contributed by atoms with Gasteiger partial charge in [0.05, 0.1) is 15.7 Å². The van der Waals surface area contributed by atoms with Crippen LogP contribution in [0.15, 0.2) is 41.9 Å². The molecule has 18 heavy (non-hydrogen) atoms. The van der Waals surface area contributed by atoms with Crippen LogP contribution in [-0.4, -0.2) is 4.98 Å². The van der Waals surface area contributed by atoms with Crippen LogP contribution >= 0.6 is 11.3 Å². The normalized spacial score (nSPS) is 10.7. The van der Waals surface area contributed by atoms with Gasteiger partial charge in [0, 0.05) is 17.1 Å². The lowest BCUT2D eigenvalue weighted by atomic mass is 10.2. The Morgan fingerprint density at radius 2 is 1.89 bits per heavy atom. The fourth-order valence-electron chi connectivity index (χ4n) is 1.85. The molecule has 90 valence electrons. The molecule has 0 bridgehead atoms. The molecule has 3 N–H and O–H groups in total. The summed E-state index contributed by atoms with van der Waals surface area (Å²) in [6.45, 7) is 2.01. The van der Waals surface area contributed by atoms with Gasteiger partial charge < -0.3 is 11.1 Å². The topological polar surface area (TPSA) is 50.9 Å². The monoisotopic (exact) mass is 255 g/mol. The van der Waals surface area contributed by atoms with Gasteiger partial charge >= 0.3 is 0 Å². The number of aromatic nitrogens is 1. The first kappa shape index (κ1) is 11.0. The Labute approximate surface area is 109 Å². The van der Waals surface area contributed by atoms with Crippen molar-refractivity contribution in [3.05, 3.63) is 47.5 Å². The standard InChI is InChI=1S/C14H13N3S/c1-9-6-10(2-4-12(9)15)17-11-3-5-13-14(7-11)18-8-16-13/h2-8,17H,15H2,1H3. The van der Waals surface area contributed by atoms with Gasteiger partial charge in [-0.1, -0.05) is 0 Å².